The number of anilines is 5. The first kappa shape index (κ1) is 31.4. The predicted molar refractivity (Wildman–Crippen MR) is 187 cm³/mol. The summed E-state index contributed by atoms with van der Waals surface area (Å²) >= 11 is 0. The fourth-order valence-electron chi connectivity index (χ4n) is 6.78. The Balaban J connectivity index is 1.23. The average Bonchev–Trinajstić information content (AvgIpc) is 3.54. The van der Waals surface area contributed by atoms with Gasteiger partial charge in [0, 0.05) is 80.9 Å². The molecule has 0 radical (unpaired) electrons. The molecule has 3 N–H and O–H groups in total. The van der Waals surface area contributed by atoms with E-state index in [2.05, 4.69) is 56.4 Å². The number of piperazine rings is 1. The Labute approximate surface area is 266 Å². The summed E-state index contributed by atoms with van der Waals surface area (Å²) < 4.78 is 19.6. The number of H-pyrrole nitrogens is 1. The van der Waals surface area contributed by atoms with Crippen LogP contribution in [0.5, 0.6) is 5.75 Å². The maximum absolute atomic E-state index is 13.7. The molecule has 2 aliphatic rings. The third kappa shape index (κ3) is 6.55. The van der Waals surface area contributed by atoms with Crippen molar-refractivity contribution in [3.05, 3.63) is 54.2 Å². The number of aromatic nitrogens is 3. The number of fused-ring (bicyclic) bond motifs is 1. The van der Waals surface area contributed by atoms with Gasteiger partial charge in [-0.25, -0.2) is 0 Å². The molecule has 0 atom stereocenters. The van der Waals surface area contributed by atoms with Gasteiger partial charge >= 0.3 is 0 Å². The molecule has 0 bridgehead atoms. The topological polar surface area (TPSA) is 102 Å². The van der Waals surface area contributed by atoms with E-state index >= 15 is 0 Å². The van der Waals surface area contributed by atoms with E-state index < -0.39 is 7.14 Å². The zero-order valence-electron chi connectivity index (χ0n) is 27.3. The van der Waals surface area contributed by atoms with E-state index in [4.69, 9.17) is 14.7 Å². The summed E-state index contributed by atoms with van der Waals surface area (Å²) in [5.41, 5.74) is 4.72. The van der Waals surface area contributed by atoms with Gasteiger partial charge in [0.2, 0.25) is 5.95 Å². The van der Waals surface area contributed by atoms with Crippen molar-refractivity contribution in [2.75, 3.05) is 81.3 Å². The van der Waals surface area contributed by atoms with Crippen molar-refractivity contribution in [2.45, 2.75) is 39.7 Å². The Morgan fingerprint density at radius 2 is 1.69 bits per heavy atom. The van der Waals surface area contributed by atoms with Gasteiger partial charge in [-0.05, 0) is 56.6 Å². The smallest absolute Gasteiger partial charge is 0.231 e. The second-order valence-corrected chi connectivity index (χ2v) is 15.8. The van der Waals surface area contributed by atoms with Crippen molar-refractivity contribution in [2.24, 2.45) is 0 Å². The minimum Gasteiger partial charge on any atom is -0.494 e. The highest BCUT2D eigenvalue weighted by Crippen LogP contribution is 2.46. The summed E-state index contributed by atoms with van der Waals surface area (Å²) in [6.07, 6.45) is 5.44. The van der Waals surface area contributed by atoms with Crippen molar-refractivity contribution in [1.29, 1.82) is 0 Å². The Morgan fingerprint density at radius 3 is 2.40 bits per heavy atom. The Kier molecular flexibility index (Phi) is 9.36. The summed E-state index contributed by atoms with van der Waals surface area (Å²) in [7, 11) is 1.40. The van der Waals surface area contributed by atoms with E-state index in [1.807, 2.05) is 50.4 Å². The molecule has 6 rings (SSSR count). The second-order valence-electron chi connectivity index (χ2n) is 12.3. The van der Waals surface area contributed by atoms with E-state index in [-0.39, 0.29) is 0 Å². The maximum atomic E-state index is 13.7. The lowest BCUT2D eigenvalue weighted by Gasteiger charge is -2.43. The van der Waals surface area contributed by atoms with Crippen LogP contribution in [0.1, 0.15) is 32.3 Å². The maximum Gasteiger partial charge on any atom is 0.231 e. The van der Waals surface area contributed by atoms with Gasteiger partial charge in [0.1, 0.15) is 24.4 Å². The molecule has 0 aliphatic carbocycles. The molecule has 2 fully saturated rings. The highest BCUT2D eigenvalue weighted by molar-refractivity contribution is 7.71. The lowest BCUT2D eigenvalue weighted by Crippen LogP contribution is -2.52. The Hall–Kier alpha value is -3.59. The van der Waals surface area contributed by atoms with E-state index in [1.165, 1.54) is 37.2 Å². The lowest BCUT2D eigenvalue weighted by atomic mass is 10.0. The molecular formula is C34H47N8O2P. The molecule has 2 aliphatic heterocycles. The van der Waals surface area contributed by atoms with Crippen LogP contribution in [-0.4, -0.2) is 96.5 Å². The number of aromatic amines is 1. The van der Waals surface area contributed by atoms with Crippen LogP contribution in [0.25, 0.3) is 11.0 Å². The van der Waals surface area contributed by atoms with Crippen LogP contribution in [0.4, 0.5) is 28.8 Å². The third-order valence-corrected chi connectivity index (χ3v) is 13.0. The Morgan fingerprint density at radius 1 is 0.956 bits per heavy atom. The normalized spacial score (nSPS) is 17.1. The number of para-hydroxylation sites is 1. The molecule has 0 unspecified atom stereocenters. The molecular weight excluding hydrogens is 583 g/mol. The van der Waals surface area contributed by atoms with Crippen molar-refractivity contribution in [3.8, 4) is 5.75 Å². The molecule has 2 aromatic carbocycles. The first-order valence-electron chi connectivity index (χ1n) is 16.2. The molecule has 11 heteroatoms. The van der Waals surface area contributed by atoms with Crippen molar-refractivity contribution >= 4 is 52.3 Å². The number of likely N-dealkylation sites (N-methyl/N-ethyl adjacent to an activating group) is 1. The van der Waals surface area contributed by atoms with Crippen LogP contribution in [0.15, 0.2) is 48.7 Å². The van der Waals surface area contributed by atoms with Gasteiger partial charge in [0.25, 0.3) is 0 Å². The molecule has 4 heterocycles. The third-order valence-electron chi connectivity index (χ3n) is 9.66. The first-order valence-corrected chi connectivity index (χ1v) is 18.3. The van der Waals surface area contributed by atoms with Crippen molar-refractivity contribution in [3.63, 3.8) is 0 Å². The molecule has 4 aromatic rings. The molecule has 45 heavy (non-hydrogen) atoms. The van der Waals surface area contributed by atoms with E-state index in [0.29, 0.717) is 35.8 Å². The monoisotopic (exact) mass is 630 g/mol. The number of methoxy groups -OCH3 is 1. The summed E-state index contributed by atoms with van der Waals surface area (Å²) in [5, 5.41) is 8.64. The fourth-order valence-corrected chi connectivity index (χ4v) is 8.84. The standard InChI is InChI=1S/C34H47N8O2P/c1-6-45(43,7-2)31-11-9-8-10-27(31)36-33-26-12-15-35-32(26)38-34(39-33)37-28-22-24(3)29(23-30(28)44-5)42-16-13-25(14-17-42)41-20-18-40(4)19-21-41/h8-12,15,22-23,25H,6-7,13-14,16-21H2,1-5H3,(H3,35,36,37,38,39). The average molecular weight is 631 g/mol. The number of rotatable bonds is 10. The van der Waals surface area contributed by atoms with E-state index in [0.717, 1.165) is 54.0 Å². The van der Waals surface area contributed by atoms with Gasteiger partial charge in [-0.2, -0.15) is 9.97 Å². The minimum atomic E-state index is -2.52. The molecule has 10 nitrogen and oxygen atoms in total. The summed E-state index contributed by atoms with van der Waals surface area (Å²) in [5.74, 6) is 1.83. The zero-order chi connectivity index (χ0) is 31.6. The first-order chi connectivity index (χ1) is 21.8. The number of ether oxygens (including phenoxy) is 1. The minimum absolute atomic E-state index is 0.442. The largest absolute Gasteiger partial charge is 0.494 e. The number of nitrogens with one attached hydrogen (secondary N) is 3. The van der Waals surface area contributed by atoms with Gasteiger partial charge in [-0.3, -0.25) is 4.90 Å². The molecule has 0 spiro atoms. The van der Waals surface area contributed by atoms with E-state index in [9.17, 15) is 4.57 Å². The highest BCUT2D eigenvalue weighted by Gasteiger charge is 2.28. The second kappa shape index (κ2) is 13.4. The van der Waals surface area contributed by atoms with Crippen LogP contribution in [-0.2, 0) is 4.57 Å². The van der Waals surface area contributed by atoms with Gasteiger partial charge in [-0.15, -0.1) is 0 Å². The van der Waals surface area contributed by atoms with Gasteiger partial charge in [0.05, 0.1) is 23.9 Å². The molecule has 240 valence electrons. The molecule has 2 saturated heterocycles. The number of benzene rings is 2. The van der Waals surface area contributed by atoms with Crippen LogP contribution >= 0.6 is 7.14 Å². The number of hydrogen-bond donors (Lipinski definition) is 3. The Bertz CT molecular complexity index is 1670. The number of piperidine rings is 1. The van der Waals surface area contributed by atoms with Crippen LogP contribution < -0.4 is 25.6 Å². The van der Waals surface area contributed by atoms with Gasteiger partial charge in [-0.1, -0.05) is 26.0 Å². The van der Waals surface area contributed by atoms with Gasteiger partial charge < -0.3 is 34.7 Å². The zero-order valence-corrected chi connectivity index (χ0v) is 28.2. The van der Waals surface area contributed by atoms with E-state index in [1.54, 1.807) is 7.11 Å². The molecule has 0 amide bonds. The van der Waals surface area contributed by atoms with Gasteiger partial charge in [0.15, 0.2) is 0 Å². The molecule has 2 aromatic heterocycles. The highest BCUT2D eigenvalue weighted by atomic mass is 31.2. The summed E-state index contributed by atoms with van der Waals surface area (Å²) in [4.78, 5) is 20.5. The number of nitrogens with zero attached hydrogens (tertiary/aromatic N) is 5. The number of hydrogen-bond acceptors (Lipinski definition) is 9. The van der Waals surface area contributed by atoms with Crippen LogP contribution in [0.3, 0.4) is 0 Å². The number of aryl methyl sites for hydroxylation is 1. The lowest BCUT2D eigenvalue weighted by molar-refractivity contribution is 0.0982. The molecule has 0 saturated carbocycles. The predicted octanol–water partition coefficient (Wildman–Crippen LogP) is 6.01. The van der Waals surface area contributed by atoms with Crippen molar-refractivity contribution < 1.29 is 9.30 Å². The summed E-state index contributed by atoms with van der Waals surface area (Å²) in [6.45, 7) is 12.9. The quantitative estimate of drug-likeness (QED) is 0.182. The van der Waals surface area contributed by atoms with Crippen LogP contribution in [0.2, 0.25) is 0 Å². The van der Waals surface area contributed by atoms with Crippen LogP contribution in [0, 0.1) is 6.92 Å². The fraction of sp³-hybridized carbons (Fsp3) is 0.471. The summed E-state index contributed by atoms with van der Waals surface area (Å²) in [6, 6.07) is 14.7. The SMILES string of the molecule is CCP(=O)(CC)c1ccccc1Nc1nc(Nc2cc(C)c(N3CCC(N4CCN(C)CC4)CC3)cc2OC)nc2[nH]ccc12. The van der Waals surface area contributed by atoms with Crippen molar-refractivity contribution in [1.82, 2.24) is 24.8 Å².